The number of aliphatic hydroxyl groups is 1. The molecule has 3 aliphatic rings. The highest BCUT2D eigenvalue weighted by Crippen LogP contribution is 2.58. The molecule has 6 atom stereocenters. The Hall–Kier alpha value is -1.36. The maximum atomic E-state index is 12.5. The highest BCUT2D eigenvalue weighted by atomic mass is 16.6. The summed E-state index contributed by atoms with van der Waals surface area (Å²) in [5.41, 5.74) is 0.908. The molecule has 0 bridgehead atoms. The second kappa shape index (κ2) is 6.99. The van der Waals surface area contributed by atoms with Crippen molar-refractivity contribution in [1.29, 1.82) is 0 Å². The van der Waals surface area contributed by atoms with Crippen LogP contribution in [-0.2, 0) is 19.1 Å². The van der Waals surface area contributed by atoms with Crippen LogP contribution in [0, 0.1) is 28.6 Å². The van der Waals surface area contributed by atoms with Crippen molar-refractivity contribution < 1.29 is 24.2 Å². The van der Waals surface area contributed by atoms with Gasteiger partial charge in [-0.3, -0.25) is 4.79 Å². The van der Waals surface area contributed by atoms with Crippen molar-refractivity contribution in [2.24, 2.45) is 28.6 Å². The Labute approximate surface area is 156 Å². The van der Waals surface area contributed by atoms with E-state index >= 15 is 0 Å². The van der Waals surface area contributed by atoms with E-state index < -0.39 is 17.5 Å². The molecule has 2 fully saturated rings. The summed E-state index contributed by atoms with van der Waals surface area (Å²) in [7, 11) is 1.48. The first-order valence-electron chi connectivity index (χ1n) is 9.87. The van der Waals surface area contributed by atoms with Gasteiger partial charge in [0.25, 0.3) is 0 Å². The number of allylic oxidation sites excluding steroid dienone is 2. The molecule has 0 unspecified atom stereocenters. The highest BCUT2D eigenvalue weighted by Gasteiger charge is 2.53. The first-order chi connectivity index (χ1) is 12.2. The van der Waals surface area contributed by atoms with Gasteiger partial charge in [0.1, 0.15) is 0 Å². The van der Waals surface area contributed by atoms with E-state index in [9.17, 15) is 14.7 Å². The molecule has 26 heavy (non-hydrogen) atoms. The summed E-state index contributed by atoms with van der Waals surface area (Å²) in [6.07, 6.45) is 6.83. The monoisotopic (exact) mass is 364 g/mol. The van der Waals surface area contributed by atoms with E-state index in [4.69, 9.17) is 9.47 Å². The minimum atomic E-state index is -0.992. The highest BCUT2D eigenvalue weighted by molar-refractivity contribution is 5.78. The molecule has 5 nitrogen and oxygen atoms in total. The molecule has 1 aliphatic heterocycles. The number of fused-ring (bicyclic) bond motifs is 1. The molecule has 146 valence electrons. The van der Waals surface area contributed by atoms with Crippen LogP contribution in [-0.4, -0.2) is 36.9 Å². The summed E-state index contributed by atoms with van der Waals surface area (Å²) >= 11 is 0. The van der Waals surface area contributed by atoms with Gasteiger partial charge >= 0.3 is 11.9 Å². The van der Waals surface area contributed by atoms with Crippen LogP contribution < -0.4 is 0 Å². The zero-order valence-corrected chi connectivity index (χ0v) is 16.4. The lowest BCUT2D eigenvalue weighted by molar-refractivity contribution is -0.156. The lowest BCUT2D eigenvalue weighted by atomic mass is 9.51. The van der Waals surface area contributed by atoms with Crippen LogP contribution in [0.4, 0.5) is 0 Å². The van der Waals surface area contributed by atoms with Gasteiger partial charge in [0.2, 0.25) is 0 Å². The van der Waals surface area contributed by atoms with Crippen LogP contribution in [0.1, 0.15) is 59.3 Å². The summed E-state index contributed by atoms with van der Waals surface area (Å²) in [6, 6.07) is 0. The number of carbonyl (C=O) groups excluding carboxylic acids is 2. The molecular formula is C21H32O5. The van der Waals surface area contributed by atoms with Gasteiger partial charge in [-0.15, -0.1) is 0 Å². The minimum absolute atomic E-state index is 0.0238. The molecule has 1 heterocycles. The Morgan fingerprint density at radius 1 is 1.38 bits per heavy atom. The molecule has 0 spiro atoms. The molecule has 1 saturated heterocycles. The molecule has 2 aliphatic carbocycles. The second-order valence-corrected chi connectivity index (χ2v) is 8.93. The smallest absolute Gasteiger partial charge is 0.335 e. The zero-order valence-electron chi connectivity index (χ0n) is 16.4. The molecule has 0 aromatic heterocycles. The first kappa shape index (κ1) is 19.4. The molecular weight excluding hydrogens is 332 g/mol. The predicted molar refractivity (Wildman–Crippen MR) is 97.1 cm³/mol. The van der Waals surface area contributed by atoms with Gasteiger partial charge < -0.3 is 14.6 Å². The average molecular weight is 364 g/mol. The maximum absolute atomic E-state index is 12.5. The fourth-order valence-corrected chi connectivity index (χ4v) is 5.47. The van der Waals surface area contributed by atoms with E-state index in [0.717, 1.165) is 38.5 Å². The van der Waals surface area contributed by atoms with E-state index in [2.05, 4.69) is 26.8 Å². The van der Waals surface area contributed by atoms with Crippen LogP contribution in [0.2, 0.25) is 0 Å². The van der Waals surface area contributed by atoms with Crippen LogP contribution in [0.15, 0.2) is 11.6 Å². The van der Waals surface area contributed by atoms with Crippen LogP contribution >= 0.6 is 0 Å². The Bertz CT molecular complexity index is 612. The number of hydrogen-bond donors (Lipinski definition) is 1. The Morgan fingerprint density at radius 3 is 2.73 bits per heavy atom. The number of esters is 2. The number of hydrogen-bond acceptors (Lipinski definition) is 5. The van der Waals surface area contributed by atoms with Crippen LogP contribution in [0.5, 0.6) is 0 Å². The number of rotatable bonds is 4. The number of methoxy groups -OCH3 is 1. The Balaban J connectivity index is 1.82. The van der Waals surface area contributed by atoms with Crippen molar-refractivity contribution in [3.8, 4) is 0 Å². The van der Waals surface area contributed by atoms with Crippen molar-refractivity contribution in [3.05, 3.63) is 11.6 Å². The standard InChI is InChI=1S/C21H32O5/c1-13-7-8-16-15(6-5-10-21(16,3)19(24)25-4)20(13,2)11-9-14-12-26-18(23)17(14)22/h6,13-14,16-17,22H,5,7-12H2,1-4H3/t13-,14+,16+,17-,20+,21+/m1/s1. The third-order valence-corrected chi connectivity index (χ3v) is 7.62. The molecule has 3 rings (SSSR count). The van der Waals surface area contributed by atoms with Gasteiger partial charge in [0.05, 0.1) is 19.1 Å². The van der Waals surface area contributed by atoms with Crippen molar-refractivity contribution in [3.63, 3.8) is 0 Å². The van der Waals surface area contributed by atoms with Gasteiger partial charge in [-0.25, -0.2) is 4.79 Å². The van der Waals surface area contributed by atoms with E-state index in [-0.39, 0.29) is 23.2 Å². The van der Waals surface area contributed by atoms with Crippen molar-refractivity contribution in [1.82, 2.24) is 0 Å². The lowest BCUT2D eigenvalue weighted by Crippen LogP contribution is -2.48. The third kappa shape index (κ3) is 2.98. The van der Waals surface area contributed by atoms with Gasteiger partial charge in [-0.05, 0) is 62.7 Å². The van der Waals surface area contributed by atoms with E-state index in [1.165, 1.54) is 12.7 Å². The molecule has 0 amide bonds. The number of aliphatic hydroxyl groups excluding tert-OH is 1. The topological polar surface area (TPSA) is 72.8 Å². The number of cyclic esters (lactones) is 1. The summed E-state index contributed by atoms with van der Waals surface area (Å²) in [5, 5.41) is 10.0. The quantitative estimate of drug-likeness (QED) is 0.612. The fourth-order valence-electron chi connectivity index (χ4n) is 5.47. The number of carbonyl (C=O) groups is 2. The van der Waals surface area contributed by atoms with Gasteiger partial charge in [-0.1, -0.05) is 25.5 Å². The van der Waals surface area contributed by atoms with Crippen molar-refractivity contribution in [2.75, 3.05) is 13.7 Å². The van der Waals surface area contributed by atoms with Crippen molar-refractivity contribution >= 4 is 11.9 Å². The minimum Gasteiger partial charge on any atom is -0.469 e. The molecule has 0 aromatic rings. The zero-order chi connectivity index (χ0) is 19.1. The SMILES string of the molecule is COC(=O)[C@@]1(C)CCC=C2[C@@H]1CC[C@@H](C)[C@]2(C)CC[C@H]1COC(=O)[C@@H]1O. The third-order valence-electron chi connectivity index (χ3n) is 7.62. The number of ether oxygens (including phenoxy) is 2. The first-order valence-corrected chi connectivity index (χ1v) is 9.87. The second-order valence-electron chi connectivity index (χ2n) is 8.93. The summed E-state index contributed by atoms with van der Waals surface area (Å²) in [4.78, 5) is 24.0. The van der Waals surface area contributed by atoms with Crippen LogP contribution in [0.3, 0.4) is 0 Å². The van der Waals surface area contributed by atoms with Crippen molar-refractivity contribution in [2.45, 2.75) is 65.4 Å². The Kier molecular flexibility index (Phi) is 5.22. The fraction of sp³-hybridized carbons (Fsp3) is 0.810. The van der Waals surface area contributed by atoms with Gasteiger partial charge in [0.15, 0.2) is 6.10 Å². The predicted octanol–water partition coefficient (Wildman–Crippen LogP) is 3.25. The Morgan fingerprint density at radius 2 is 2.12 bits per heavy atom. The lowest BCUT2D eigenvalue weighted by Gasteiger charge is -2.53. The molecule has 1 saturated carbocycles. The van der Waals surface area contributed by atoms with Crippen LogP contribution in [0.25, 0.3) is 0 Å². The summed E-state index contributed by atoms with van der Waals surface area (Å²) in [6.45, 7) is 6.95. The molecule has 5 heteroatoms. The van der Waals surface area contributed by atoms with E-state index in [0.29, 0.717) is 12.5 Å². The average Bonchev–Trinajstić information content (AvgIpc) is 2.95. The van der Waals surface area contributed by atoms with E-state index in [1.807, 2.05) is 0 Å². The van der Waals surface area contributed by atoms with Gasteiger partial charge in [0, 0.05) is 5.92 Å². The molecule has 0 radical (unpaired) electrons. The maximum Gasteiger partial charge on any atom is 0.335 e. The molecule has 0 aromatic carbocycles. The summed E-state index contributed by atoms with van der Waals surface area (Å²) < 4.78 is 10.1. The molecule has 1 N–H and O–H groups in total. The normalized spacial score (nSPS) is 42.7. The summed E-state index contributed by atoms with van der Waals surface area (Å²) in [5.74, 6) is -0.000357. The van der Waals surface area contributed by atoms with E-state index in [1.54, 1.807) is 0 Å². The largest absolute Gasteiger partial charge is 0.469 e. The van der Waals surface area contributed by atoms with Gasteiger partial charge in [-0.2, -0.15) is 0 Å².